The van der Waals surface area contributed by atoms with E-state index in [1.165, 1.54) is 13.0 Å². The lowest BCUT2D eigenvalue weighted by atomic mass is 10.1. The van der Waals surface area contributed by atoms with Crippen LogP contribution in [0.5, 0.6) is 0 Å². The van der Waals surface area contributed by atoms with E-state index in [9.17, 15) is 26.0 Å². The van der Waals surface area contributed by atoms with Gasteiger partial charge in [0.1, 0.15) is 12.4 Å². The molecular weight excluding hydrogens is 374 g/mol. The third-order valence-electron chi connectivity index (χ3n) is 3.45. The van der Waals surface area contributed by atoms with Crippen molar-refractivity contribution in [2.75, 3.05) is 6.61 Å². The van der Waals surface area contributed by atoms with Crippen LogP contribution >= 0.6 is 0 Å². The predicted octanol–water partition coefficient (Wildman–Crippen LogP) is 3.69. The molecule has 0 fully saturated rings. The van der Waals surface area contributed by atoms with Crippen LogP contribution in [0, 0.1) is 12.7 Å². The maximum atomic E-state index is 13.1. The quantitative estimate of drug-likeness (QED) is 0.733. The second-order valence-corrected chi connectivity index (χ2v) is 7.39. The highest BCUT2D eigenvalue weighted by Gasteiger charge is 2.27. The first kappa shape index (κ1) is 20.3. The highest BCUT2D eigenvalue weighted by molar-refractivity contribution is 7.89. The number of benzene rings is 2. The zero-order valence-corrected chi connectivity index (χ0v) is 14.6. The lowest BCUT2D eigenvalue weighted by molar-refractivity contribution is -0.176. The summed E-state index contributed by atoms with van der Waals surface area (Å²) in [5, 5.41) is 0. The molecule has 0 unspecified atom stereocenters. The summed E-state index contributed by atoms with van der Waals surface area (Å²) in [6.45, 7) is -0.0396. The number of hydrogen-bond acceptors (Lipinski definition) is 3. The number of hydrogen-bond donors (Lipinski definition) is 1. The maximum Gasteiger partial charge on any atom is 0.411 e. The van der Waals surface area contributed by atoms with E-state index in [-0.39, 0.29) is 23.6 Å². The molecule has 2 aromatic rings. The van der Waals surface area contributed by atoms with Gasteiger partial charge in [0.2, 0.25) is 10.0 Å². The van der Waals surface area contributed by atoms with Crippen molar-refractivity contribution in [1.29, 1.82) is 0 Å². The van der Waals surface area contributed by atoms with Crippen LogP contribution in [0.4, 0.5) is 17.6 Å². The Morgan fingerprint density at radius 2 is 1.65 bits per heavy atom. The molecular formula is C17H17F4NO3S. The van der Waals surface area contributed by atoms with Crippen molar-refractivity contribution >= 4 is 10.0 Å². The molecule has 0 aliphatic rings. The van der Waals surface area contributed by atoms with E-state index in [4.69, 9.17) is 0 Å². The van der Waals surface area contributed by atoms with Gasteiger partial charge in [0.25, 0.3) is 0 Å². The van der Waals surface area contributed by atoms with Crippen LogP contribution in [-0.4, -0.2) is 21.2 Å². The Kier molecular flexibility index (Phi) is 6.38. The molecule has 0 saturated carbocycles. The van der Waals surface area contributed by atoms with Crippen molar-refractivity contribution < 1.29 is 30.7 Å². The van der Waals surface area contributed by atoms with Gasteiger partial charge in [-0.25, -0.2) is 17.5 Å². The van der Waals surface area contributed by atoms with Crippen molar-refractivity contribution in [3.63, 3.8) is 0 Å². The van der Waals surface area contributed by atoms with Crippen LogP contribution in [0.25, 0.3) is 0 Å². The summed E-state index contributed by atoms with van der Waals surface area (Å²) in [5.74, 6) is -0.523. The van der Waals surface area contributed by atoms with Gasteiger partial charge in [0, 0.05) is 6.54 Å². The van der Waals surface area contributed by atoms with Gasteiger partial charge in [-0.2, -0.15) is 13.2 Å². The number of sulfonamides is 1. The Morgan fingerprint density at radius 3 is 2.23 bits per heavy atom. The number of nitrogens with one attached hydrogen (secondary N) is 1. The lowest BCUT2D eigenvalue weighted by Crippen LogP contribution is -2.24. The zero-order chi connectivity index (χ0) is 19.4. The highest BCUT2D eigenvalue weighted by atomic mass is 32.2. The number of alkyl halides is 3. The van der Waals surface area contributed by atoms with E-state index in [2.05, 4.69) is 9.46 Å². The molecule has 0 saturated heterocycles. The number of ether oxygens (including phenoxy) is 1. The van der Waals surface area contributed by atoms with Crippen molar-refractivity contribution in [3.8, 4) is 0 Å². The van der Waals surface area contributed by atoms with Crippen LogP contribution < -0.4 is 4.72 Å². The molecule has 2 rings (SSSR count). The summed E-state index contributed by atoms with van der Waals surface area (Å²) in [4.78, 5) is -0.0175. The third-order valence-corrected chi connectivity index (χ3v) is 5.01. The maximum absolute atomic E-state index is 13.1. The zero-order valence-electron chi connectivity index (χ0n) is 13.8. The van der Waals surface area contributed by atoms with Crippen LogP contribution in [0.15, 0.2) is 47.4 Å². The minimum Gasteiger partial charge on any atom is -0.367 e. The van der Waals surface area contributed by atoms with E-state index in [0.29, 0.717) is 11.1 Å². The third kappa shape index (κ3) is 6.08. The van der Waals surface area contributed by atoms with Crippen LogP contribution in [-0.2, 0) is 27.9 Å². The number of rotatable bonds is 7. The molecule has 0 bridgehead atoms. The second-order valence-electron chi connectivity index (χ2n) is 5.66. The van der Waals surface area contributed by atoms with Crippen LogP contribution in [0.1, 0.15) is 16.7 Å². The molecule has 2 aromatic carbocycles. The van der Waals surface area contributed by atoms with E-state index in [1.54, 1.807) is 24.3 Å². The van der Waals surface area contributed by atoms with Crippen LogP contribution in [0.3, 0.4) is 0 Å². The van der Waals surface area contributed by atoms with E-state index in [0.717, 1.165) is 12.1 Å². The smallest absolute Gasteiger partial charge is 0.367 e. The molecule has 1 N–H and O–H groups in total. The first-order chi connectivity index (χ1) is 12.1. The summed E-state index contributed by atoms with van der Waals surface area (Å²) in [6.07, 6.45) is -4.38. The van der Waals surface area contributed by atoms with Gasteiger partial charge in [-0.1, -0.05) is 24.3 Å². The standard InChI is InChI=1S/C17H17F4NO3S/c1-12-8-15(18)6-7-16(12)26(23,24)22-9-13-2-4-14(5-3-13)10-25-11-17(19,20)21/h2-8,22H,9-11H2,1H3. The van der Waals surface area contributed by atoms with Crippen molar-refractivity contribution in [2.45, 2.75) is 31.1 Å². The van der Waals surface area contributed by atoms with Crippen molar-refractivity contribution in [3.05, 3.63) is 65.0 Å². The molecule has 26 heavy (non-hydrogen) atoms. The number of halogens is 4. The Labute approximate surface area is 148 Å². The average Bonchev–Trinajstić information content (AvgIpc) is 2.52. The molecule has 142 valence electrons. The minimum absolute atomic E-state index is 0.0111. The molecule has 0 aliphatic carbocycles. The fourth-order valence-electron chi connectivity index (χ4n) is 2.21. The molecule has 0 atom stereocenters. The largest absolute Gasteiger partial charge is 0.411 e. The monoisotopic (exact) mass is 391 g/mol. The SMILES string of the molecule is Cc1cc(F)ccc1S(=O)(=O)NCc1ccc(COCC(F)(F)F)cc1. The fraction of sp³-hybridized carbons (Fsp3) is 0.294. The van der Waals surface area contributed by atoms with Crippen molar-refractivity contribution in [1.82, 2.24) is 4.72 Å². The molecule has 0 aromatic heterocycles. The van der Waals surface area contributed by atoms with Gasteiger partial charge in [-0.3, -0.25) is 0 Å². The van der Waals surface area contributed by atoms with E-state index >= 15 is 0 Å². The van der Waals surface area contributed by atoms with E-state index in [1.807, 2.05) is 0 Å². The topological polar surface area (TPSA) is 55.4 Å². The van der Waals surface area contributed by atoms with Gasteiger partial charge >= 0.3 is 6.18 Å². The summed E-state index contributed by atoms with van der Waals surface area (Å²) in [7, 11) is -3.81. The van der Waals surface area contributed by atoms with E-state index < -0.39 is 28.6 Å². The first-order valence-corrected chi connectivity index (χ1v) is 9.03. The Bertz CT molecular complexity index is 849. The van der Waals surface area contributed by atoms with Gasteiger partial charge < -0.3 is 4.74 Å². The highest BCUT2D eigenvalue weighted by Crippen LogP contribution is 2.17. The Hall–Kier alpha value is -1.97. The van der Waals surface area contributed by atoms with Gasteiger partial charge in [0.05, 0.1) is 11.5 Å². The molecule has 0 radical (unpaired) electrons. The molecule has 0 spiro atoms. The predicted molar refractivity (Wildman–Crippen MR) is 87.3 cm³/mol. The van der Waals surface area contributed by atoms with Gasteiger partial charge in [-0.05, 0) is 41.8 Å². The van der Waals surface area contributed by atoms with Gasteiger partial charge in [-0.15, -0.1) is 0 Å². The van der Waals surface area contributed by atoms with Crippen LogP contribution in [0.2, 0.25) is 0 Å². The Balaban J connectivity index is 1.94. The summed E-state index contributed by atoms with van der Waals surface area (Å²) in [6, 6.07) is 9.68. The molecule has 4 nitrogen and oxygen atoms in total. The summed E-state index contributed by atoms with van der Waals surface area (Å²) < 4.78 is 80.6. The Morgan fingerprint density at radius 1 is 1.04 bits per heavy atom. The minimum atomic E-state index is -4.38. The summed E-state index contributed by atoms with van der Waals surface area (Å²) >= 11 is 0. The summed E-state index contributed by atoms with van der Waals surface area (Å²) in [5.41, 5.74) is 1.44. The second kappa shape index (κ2) is 8.15. The van der Waals surface area contributed by atoms with Gasteiger partial charge in [0.15, 0.2) is 0 Å². The van der Waals surface area contributed by atoms with Crippen molar-refractivity contribution in [2.24, 2.45) is 0 Å². The molecule has 0 amide bonds. The lowest BCUT2D eigenvalue weighted by Gasteiger charge is -2.10. The average molecular weight is 391 g/mol. The fourth-order valence-corrected chi connectivity index (χ4v) is 3.45. The molecule has 0 aliphatic heterocycles. The molecule has 0 heterocycles. The number of aryl methyl sites for hydroxylation is 1. The first-order valence-electron chi connectivity index (χ1n) is 7.55. The normalized spacial score (nSPS) is 12.3. The molecule has 9 heteroatoms.